The molecule has 296 valence electrons. The Hall–Kier alpha value is -2.77. The maximum Gasteiger partial charge on any atom is 0.309 e. The first kappa shape index (κ1) is 43.0. The summed E-state index contributed by atoms with van der Waals surface area (Å²) in [6, 6.07) is 9.72. The zero-order chi connectivity index (χ0) is 39.2. The molecule has 2 aliphatic rings. The first-order chi connectivity index (χ1) is 24.9. The van der Waals surface area contributed by atoms with Gasteiger partial charge in [-0.2, -0.15) is 0 Å². The van der Waals surface area contributed by atoms with Crippen LogP contribution >= 0.6 is 0 Å². The monoisotopic (exact) mass is 740 g/mol. The number of methoxy groups -OCH3 is 1. The van der Waals surface area contributed by atoms with E-state index in [2.05, 4.69) is 4.98 Å². The van der Waals surface area contributed by atoms with E-state index in [9.17, 15) is 19.8 Å². The molecule has 11 nitrogen and oxygen atoms in total. The van der Waals surface area contributed by atoms with Gasteiger partial charge in [-0.1, -0.05) is 65.0 Å². The number of ketones is 1. The number of fused-ring (bicyclic) bond motifs is 1. The van der Waals surface area contributed by atoms with Crippen LogP contribution in [0.4, 0.5) is 0 Å². The molecule has 0 spiro atoms. The number of pyridine rings is 1. The average molecular weight is 741 g/mol. The van der Waals surface area contributed by atoms with Crippen molar-refractivity contribution in [2.75, 3.05) is 27.8 Å². The lowest BCUT2D eigenvalue weighted by atomic mass is 9.74. The number of Topliss-reactive ketones (excluding diaryl/α,β-unsaturated/α-hetero) is 1. The fourth-order valence-corrected chi connectivity index (χ4v) is 8.48. The minimum absolute atomic E-state index is 0.0969. The highest BCUT2D eigenvalue weighted by molar-refractivity contribution is 5.84. The summed E-state index contributed by atoms with van der Waals surface area (Å²) in [5, 5.41) is 24.6. The molecule has 13 atom stereocenters. The van der Waals surface area contributed by atoms with Gasteiger partial charge in [-0.25, -0.2) is 0 Å². The van der Waals surface area contributed by atoms with Gasteiger partial charge in [-0.05, 0) is 84.2 Å². The van der Waals surface area contributed by atoms with Gasteiger partial charge < -0.3 is 38.8 Å². The number of benzene rings is 1. The Balaban J connectivity index is 1.65. The van der Waals surface area contributed by atoms with Gasteiger partial charge in [0.2, 0.25) is 0 Å². The number of cyclic esters (lactones) is 1. The number of aliphatic hydroxyl groups is 2. The van der Waals surface area contributed by atoms with E-state index in [0.717, 1.165) is 16.5 Å². The SMILES string of the molecule is CC[C@H]1OC(=O)[C@H](C)C[C@H](C)[C@@H](O[C@@H]2O[C@H](C)C[C@H](N(C)C)[C@H]2O)[C@](C)(OC)C[C@@H](C)C(=O)[C@H](C)[C@@H](OC/C=C/c2cnc3ccccc3c2)[C@]1(C)O. The number of aromatic nitrogens is 1. The molecule has 1 aromatic carbocycles. The summed E-state index contributed by atoms with van der Waals surface area (Å²) in [6.45, 7) is 14.8. The van der Waals surface area contributed by atoms with Crippen molar-refractivity contribution in [2.24, 2.45) is 23.7 Å². The average Bonchev–Trinajstić information content (AvgIpc) is 3.12. The molecule has 2 aliphatic heterocycles. The normalized spacial score (nSPS) is 38.3. The molecule has 0 aliphatic carbocycles. The maximum atomic E-state index is 14.4. The molecule has 0 bridgehead atoms. The number of likely N-dealkylation sites (N-methyl/N-ethyl adjacent to an activating group) is 1. The van der Waals surface area contributed by atoms with E-state index in [-0.39, 0.29) is 36.9 Å². The molecule has 2 fully saturated rings. The fourth-order valence-electron chi connectivity index (χ4n) is 8.48. The summed E-state index contributed by atoms with van der Waals surface area (Å²) in [5.41, 5.74) is -0.935. The minimum Gasteiger partial charge on any atom is -0.459 e. The number of para-hydroxylation sites is 1. The van der Waals surface area contributed by atoms with Crippen molar-refractivity contribution in [3.05, 3.63) is 48.2 Å². The van der Waals surface area contributed by atoms with Crippen LogP contribution in [0.15, 0.2) is 42.6 Å². The number of hydrogen-bond acceptors (Lipinski definition) is 11. The predicted octanol–water partition coefficient (Wildman–Crippen LogP) is 5.83. The van der Waals surface area contributed by atoms with E-state index in [1.54, 1.807) is 34.1 Å². The molecule has 4 rings (SSSR count). The molecule has 53 heavy (non-hydrogen) atoms. The van der Waals surface area contributed by atoms with Gasteiger partial charge in [0.15, 0.2) is 6.29 Å². The van der Waals surface area contributed by atoms with Crippen LogP contribution in [0.25, 0.3) is 17.0 Å². The second-order valence-corrected chi connectivity index (χ2v) is 16.2. The number of esters is 1. The Morgan fingerprint density at radius 2 is 1.74 bits per heavy atom. The van der Waals surface area contributed by atoms with Gasteiger partial charge in [-0.15, -0.1) is 0 Å². The molecule has 0 saturated carbocycles. The molecular weight excluding hydrogens is 676 g/mol. The van der Waals surface area contributed by atoms with Crippen LogP contribution in [-0.2, 0) is 33.3 Å². The Kier molecular flexibility index (Phi) is 14.8. The lowest BCUT2D eigenvalue weighted by Gasteiger charge is -2.47. The van der Waals surface area contributed by atoms with E-state index >= 15 is 0 Å². The van der Waals surface area contributed by atoms with Gasteiger partial charge in [0, 0.05) is 36.6 Å². The standard InChI is InChI=1S/C42H64N2O9/c1-12-34-42(8,48)38(50-19-15-16-30-22-31-17-13-14-18-32(31)43-24-30)29(6)35(45)27(4)23-41(7,49-11)37(25(2)20-26(3)39(47)52-34)53-40-36(46)33(44(9)10)21-28(5)51-40/h13-18,22,24-29,33-34,36-38,40,46,48H,12,19-21,23H2,1-11H3/b16-15+/t25-,26+,27+,28+,29-,33-,34+,36+,37+,38+,40-,41+,42+/m0/s1. The minimum atomic E-state index is -1.70. The van der Waals surface area contributed by atoms with E-state index in [4.69, 9.17) is 23.7 Å². The van der Waals surface area contributed by atoms with E-state index in [0.29, 0.717) is 19.3 Å². The van der Waals surface area contributed by atoms with E-state index in [1.807, 2.05) is 96.1 Å². The van der Waals surface area contributed by atoms with Gasteiger partial charge in [0.1, 0.15) is 23.6 Å². The number of nitrogens with zero attached hydrogens (tertiary/aromatic N) is 2. The van der Waals surface area contributed by atoms with Crippen molar-refractivity contribution in [2.45, 2.75) is 135 Å². The molecule has 3 heterocycles. The molecule has 0 radical (unpaired) electrons. The van der Waals surface area contributed by atoms with Crippen LogP contribution in [0.2, 0.25) is 0 Å². The van der Waals surface area contributed by atoms with Gasteiger partial charge in [0.05, 0.1) is 42.0 Å². The zero-order valence-corrected chi connectivity index (χ0v) is 33.7. The highest BCUT2D eigenvalue weighted by atomic mass is 16.7. The van der Waals surface area contributed by atoms with Crippen molar-refractivity contribution in [1.29, 1.82) is 0 Å². The number of hydrogen-bond donors (Lipinski definition) is 2. The smallest absolute Gasteiger partial charge is 0.309 e. The second kappa shape index (κ2) is 18.2. The van der Waals surface area contributed by atoms with Crippen LogP contribution in [-0.4, -0.2) is 114 Å². The summed E-state index contributed by atoms with van der Waals surface area (Å²) in [4.78, 5) is 34.6. The number of aliphatic hydroxyl groups excluding tert-OH is 1. The zero-order valence-electron chi connectivity index (χ0n) is 33.7. The molecule has 0 unspecified atom stereocenters. The molecule has 0 amide bonds. The second-order valence-electron chi connectivity index (χ2n) is 16.2. The summed E-state index contributed by atoms with van der Waals surface area (Å²) in [5.74, 6) is -2.77. The van der Waals surface area contributed by atoms with Crippen molar-refractivity contribution in [3.63, 3.8) is 0 Å². The van der Waals surface area contributed by atoms with Crippen LogP contribution < -0.4 is 0 Å². The molecule has 11 heteroatoms. The van der Waals surface area contributed by atoms with Gasteiger partial charge in [-0.3, -0.25) is 14.6 Å². The van der Waals surface area contributed by atoms with Crippen molar-refractivity contribution < 1.29 is 43.5 Å². The summed E-state index contributed by atoms with van der Waals surface area (Å²) >= 11 is 0. The highest BCUT2D eigenvalue weighted by Crippen LogP contribution is 2.39. The number of rotatable bonds is 9. The van der Waals surface area contributed by atoms with Crippen LogP contribution in [0.5, 0.6) is 0 Å². The topological polar surface area (TPSA) is 137 Å². The number of carbonyl (C=O) groups is 2. The molecule has 1 aromatic heterocycles. The number of carbonyl (C=O) groups excluding carboxylic acids is 2. The Bertz CT molecular complexity index is 1550. The quantitative estimate of drug-likeness (QED) is 0.301. The Labute approximate surface area is 316 Å². The summed E-state index contributed by atoms with van der Waals surface area (Å²) in [7, 11) is 5.43. The molecule has 2 aromatic rings. The molecule has 2 saturated heterocycles. The number of ether oxygens (including phenoxy) is 5. The highest BCUT2D eigenvalue weighted by Gasteiger charge is 2.51. The third kappa shape index (κ3) is 10.1. The first-order valence-corrected chi connectivity index (χ1v) is 19.2. The van der Waals surface area contributed by atoms with E-state index in [1.165, 1.54) is 0 Å². The Morgan fingerprint density at radius 3 is 2.40 bits per heavy atom. The largest absolute Gasteiger partial charge is 0.459 e. The van der Waals surface area contributed by atoms with Crippen molar-refractivity contribution in [3.8, 4) is 0 Å². The van der Waals surface area contributed by atoms with Crippen LogP contribution in [0.3, 0.4) is 0 Å². The Morgan fingerprint density at radius 1 is 1.04 bits per heavy atom. The van der Waals surface area contributed by atoms with Crippen LogP contribution in [0.1, 0.15) is 86.6 Å². The van der Waals surface area contributed by atoms with E-state index < -0.39 is 65.6 Å². The third-order valence-electron chi connectivity index (χ3n) is 11.5. The lowest BCUT2D eigenvalue weighted by molar-refractivity contribution is -0.297. The summed E-state index contributed by atoms with van der Waals surface area (Å²) in [6.07, 6.45) is 2.44. The van der Waals surface area contributed by atoms with Crippen molar-refractivity contribution >= 4 is 28.7 Å². The van der Waals surface area contributed by atoms with Crippen LogP contribution in [0, 0.1) is 23.7 Å². The fraction of sp³-hybridized carbons (Fsp3) is 0.690. The van der Waals surface area contributed by atoms with Crippen molar-refractivity contribution in [1.82, 2.24) is 9.88 Å². The first-order valence-electron chi connectivity index (χ1n) is 19.2. The predicted molar refractivity (Wildman–Crippen MR) is 205 cm³/mol. The third-order valence-corrected chi connectivity index (χ3v) is 11.5. The maximum absolute atomic E-state index is 14.4. The molecule has 2 N–H and O–H groups in total. The molecular formula is C42H64N2O9. The summed E-state index contributed by atoms with van der Waals surface area (Å²) < 4.78 is 31.6. The van der Waals surface area contributed by atoms with Gasteiger partial charge >= 0.3 is 5.97 Å². The van der Waals surface area contributed by atoms with Gasteiger partial charge in [0.25, 0.3) is 0 Å². The lowest BCUT2D eigenvalue weighted by Crippen LogP contribution is -2.59.